The number of benzene rings is 2. The zero-order valence-corrected chi connectivity index (χ0v) is 18.0. The van der Waals surface area contributed by atoms with Crippen LogP contribution >= 0.6 is 11.6 Å². The Balaban J connectivity index is 1.86. The number of rotatable bonds is 6. The van der Waals surface area contributed by atoms with Crippen LogP contribution < -0.4 is 10.9 Å². The molecular formula is C24H19ClFN5O. The molecule has 2 heterocycles. The lowest BCUT2D eigenvalue weighted by atomic mass is 10.1. The van der Waals surface area contributed by atoms with Gasteiger partial charge in [0.2, 0.25) is 5.95 Å². The number of hydrogen-bond acceptors (Lipinski definition) is 5. The Kier molecular flexibility index (Phi) is 6.15. The molecule has 0 aliphatic carbocycles. The molecule has 0 saturated carbocycles. The average Bonchev–Trinajstić information content (AvgIpc) is 2.82. The second-order valence-corrected chi connectivity index (χ2v) is 7.66. The van der Waals surface area contributed by atoms with Crippen LogP contribution in [0.3, 0.4) is 0 Å². The highest BCUT2D eigenvalue weighted by atomic mass is 35.5. The van der Waals surface area contributed by atoms with Crippen molar-refractivity contribution in [1.82, 2.24) is 14.8 Å². The molecule has 6 nitrogen and oxygen atoms in total. The molecule has 0 atom stereocenters. The first kappa shape index (κ1) is 21.5. The Morgan fingerprint density at radius 1 is 1.16 bits per heavy atom. The van der Waals surface area contributed by atoms with Gasteiger partial charge in [0.25, 0.3) is 5.56 Å². The van der Waals surface area contributed by atoms with E-state index < -0.39 is 5.95 Å². The van der Waals surface area contributed by atoms with Gasteiger partial charge in [0.05, 0.1) is 34.1 Å². The van der Waals surface area contributed by atoms with Crippen molar-refractivity contribution in [3.05, 3.63) is 87.0 Å². The number of nitrogens with zero attached hydrogens (tertiary/aromatic N) is 4. The van der Waals surface area contributed by atoms with E-state index in [-0.39, 0.29) is 34.2 Å². The van der Waals surface area contributed by atoms with Gasteiger partial charge in [0.15, 0.2) is 0 Å². The first-order valence-electron chi connectivity index (χ1n) is 10.1. The van der Waals surface area contributed by atoms with Crippen molar-refractivity contribution in [1.29, 1.82) is 5.26 Å². The van der Waals surface area contributed by atoms with E-state index in [2.05, 4.69) is 21.5 Å². The number of hydrogen-bond donors (Lipinski definition) is 1. The number of pyridine rings is 1. The molecule has 0 fully saturated rings. The quantitative estimate of drug-likeness (QED) is 0.421. The van der Waals surface area contributed by atoms with Gasteiger partial charge < -0.3 is 5.32 Å². The van der Waals surface area contributed by atoms with Crippen molar-refractivity contribution in [3.8, 4) is 17.3 Å². The van der Waals surface area contributed by atoms with Crippen LogP contribution in [0.2, 0.25) is 5.02 Å². The Bertz CT molecular complexity index is 1390. The van der Waals surface area contributed by atoms with E-state index in [1.54, 1.807) is 48.5 Å². The highest BCUT2D eigenvalue weighted by molar-refractivity contribution is 6.33. The minimum atomic E-state index is -0.728. The standard InChI is InChI=1S/C24H19ClFN5O/c1-2-11-28-23-20(25)12-19(22(26)29-23)21-17-5-3-4-6-18(17)24(32)31(30-21)14-16-9-7-15(13-27)8-10-16/h3-10,12H,2,11,14H2,1H3,(H,28,29). The van der Waals surface area contributed by atoms with Crippen molar-refractivity contribution >= 4 is 28.2 Å². The maximum atomic E-state index is 15.0. The lowest BCUT2D eigenvalue weighted by Gasteiger charge is -2.13. The highest BCUT2D eigenvalue weighted by Crippen LogP contribution is 2.31. The molecule has 160 valence electrons. The summed E-state index contributed by atoms with van der Waals surface area (Å²) >= 11 is 6.35. The Hall–Kier alpha value is -3.76. The van der Waals surface area contributed by atoms with Gasteiger partial charge in [0, 0.05) is 11.9 Å². The summed E-state index contributed by atoms with van der Waals surface area (Å²) in [4.78, 5) is 17.0. The lowest BCUT2D eigenvalue weighted by molar-refractivity contribution is 0.585. The number of nitriles is 1. The molecule has 32 heavy (non-hydrogen) atoms. The van der Waals surface area contributed by atoms with Crippen molar-refractivity contribution in [3.63, 3.8) is 0 Å². The van der Waals surface area contributed by atoms with Crippen molar-refractivity contribution in [2.24, 2.45) is 0 Å². The van der Waals surface area contributed by atoms with Crippen LogP contribution in [-0.2, 0) is 6.54 Å². The molecule has 8 heteroatoms. The molecule has 0 bridgehead atoms. The molecule has 0 aliphatic heterocycles. The molecule has 0 unspecified atom stereocenters. The Labute approximate surface area is 188 Å². The Morgan fingerprint density at radius 3 is 2.56 bits per heavy atom. The molecule has 0 saturated heterocycles. The van der Waals surface area contributed by atoms with Gasteiger partial charge in [-0.1, -0.05) is 48.9 Å². The van der Waals surface area contributed by atoms with Gasteiger partial charge in [-0.25, -0.2) is 9.67 Å². The third-order valence-electron chi connectivity index (χ3n) is 5.01. The molecule has 1 N–H and O–H groups in total. The summed E-state index contributed by atoms with van der Waals surface area (Å²) in [6.45, 7) is 2.77. The van der Waals surface area contributed by atoms with Gasteiger partial charge in [0.1, 0.15) is 11.5 Å². The SMILES string of the molecule is CCCNc1nc(F)c(-c2nn(Cc3ccc(C#N)cc3)c(=O)c3ccccc23)cc1Cl. The minimum absolute atomic E-state index is 0.113. The van der Waals surface area contributed by atoms with Gasteiger partial charge >= 0.3 is 0 Å². The summed E-state index contributed by atoms with van der Waals surface area (Å²) < 4.78 is 16.3. The van der Waals surface area contributed by atoms with E-state index in [0.717, 1.165) is 12.0 Å². The first-order chi connectivity index (χ1) is 15.5. The number of aromatic nitrogens is 3. The van der Waals surface area contributed by atoms with Gasteiger partial charge in [-0.15, -0.1) is 0 Å². The summed E-state index contributed by atoms with van der Waals surface area (Å²) in [7, 11) is 0. The predicted molar refractivity (Wildman–Crippen MR) is 123 cm³/mol. The van der Waals surface area contributed by atoms with Crippen molar-refractivity contribution in [2.45, 2.75) is 19.9 Å². The maximum absolute atomic E-state index is 15.0. The molecule has 2 aromatic carbocycles. The molecule has 0 aliphatic rings. The second kappa shape index (κ2) is 9.16. The molecular weight excluding hydrogens is 429 g/mol. The zero-order valence-electron chi connectivity index (χ0n) is 17.3. The lowest BCUT2D eigenvalue weighted by Crippen LogP contribution is -2.24. The van der Waals surface area contributed by atoms with Crippen LogP contribution in [0.4, 0.5) is 10.2 Å². The van der Waals surface area contributed by atoms with E-state index in [1.807, 2.05) is 6.92 Å². The number of nitrogens with one attached hydrogen (secondary N) is 1. The van der Waals surface area contributed by atoms with E-state index in [1.165, 1.54) is 10.7 Å². The van der Waals surface area contributed by atoms with Gasteiger partial charge in [-0.3, -0.25) is 4.79 Å². The normalized spacial score (nSPS) is 10.8. The summed E-state index contributed by atoms with van der Waals surface area (Å²) in [6.07, 6.45) is 0.841. The maximum Gasteiger partial charge on any atom is 0.274 e. The smallest absolute Gasteiger partial charge is 0.274 e. The van der Waals surface area contributed by atoms with Crippen LogP contribution in [0.5, 0.6) is 0 Å². The summed E-state index contributed by atoms with van der Waals surface area (Å²) in [6, 6.07) is 17.3. The topological polar surface area (TPSA) is 83.6 Å². The van der Waals surface area contributed by atoms with Crippen LogP contribution in [0.25, 0.3) is 22.0 Å². The van der Waals surface area contributed by atoms with Crippen LogP contribution in [0, 0.1) is 17.3 Å². The molecule has 0 radical (unpaired) electrons. The molecule has 0 amide bonds. The van der Waals surface area contributed by atoms with E-state index >= 15 is 4.39 Å². The van der Waals surface area contributed by atoms with Gasteiger partial charge in [-0.05, 0) is 36.2 Å². The van der Waals surface area contributed by atoms with Crippen molar-refractivity contribution < 1.29 is 4.39 Å². The number of fused-ring (bicyclic) bond motifs is 1. The third kappa shape index (κ3) is 4.18. The van der Waals surface area contributed by atoms with E-state index in [0.29, 0.717) is 22.9 Å². The second-order valence-electron chi connectivity index (χ2n) is 7.25. The minimum Gasteiger partial charge on any atom is -0.369 e. The average molecular weight is 448 g/mol. The highest BCUT2D eigenvalue weighted by Gasteiger charge is 2.18. The summed E-state index contributed by atoms with van der Waals surface area (Å²) in [5, 5.41) is 17.7. The Morgan fingerprint density at radius 2 is 1.88 bits per heavy atom. The van der Waals surface area contributed by atoms with Crippen molar-refractivity contribution in [2.75, 3.05) is 11.9 Å². The third-order valence-corrected chi connectivity index (χ3v) is 5.30. The molecule has 4 aromatic rings. The number of halogens is 2. The monoisotopic (exact) mass is 447 g/mol. The fourth-order valence-corrected chi connectivity index (χ4v) is 3.62. The van der Waals surface area contributed by atoms with Crippen LogP contribution in [0.15, 0.2) is 59.4 Å². The zero-order chi connectivity index (χ0) is 22.7. The van der Waals surface area contributed by atoms with E-state index in [9.17, 15) is 4.79 Å². The fraction of sp³-hybridized carbons (Fsp3) is 0.167. The largest absolute Gasteiger partial charge is 0.369 e. The summed E-state index contributed by atoms with van der Waals surface area (Å²) in [5.74, 6) is -0.459. The fourth-order valence-electron chi connectivity index (χ4n) is 3.40. The molecule has 0 spiro atoms. The van der Waals surface area contributed by atoms with Crippen LogP contribution in [0.1, 0.15) is 24.5 Å². The first-order valence-corrected chi connectivity index (χ1v) is 10.5. The summed E-state index contributed by atoms with van der Waals surface area (Å²) in [5.41, 5.74) is 1.41. The predicted octanol–water partition coefficient (Wildman–Crippen LogP) is 4.99. The number of anilines is 1. The molecule has 4 rings (SSSR count). The molecule has 2 aromatic heterocycles. The van der Waals surface area contributed by atoms with E-state index in [4.69, 9.17) is 16.9 Å². The van der Waals surface area contributed by atoms with Crippen LogP contribution in [-0.4, -0.2) is 21.3 Å². The van der Waals surface area contributed by atoms with Gasteiger partial charge in [-0.2, -0.15) is 14.8 Å².